The molecule has 1 amide bonds. The number of hydrazone groups is 1. The van der Waals surface area contributed by atoms with E-state index in [0.29, 0.717) is 11.4 Å². The molecule has 3 aromatic rings. The molecule has 30 heavy (non-hydrogen) atoms. The molecule has 0 aliphatic heterocycles. The molecule has 0 aliphatic rings. The molecule has 3 rings (SSSR count). The quantitative estimate of drug-likeness (QED) is 0.504. The number of rotatable bonds is 5. The maximum atomic E-state index is 12.3. The Kier molecular flexibility index (Phi) is 5.93. The van der Waals surface area contributed by atoms with Crippen LogP contribution < -0.4 is 5.43 Å². The average Bonchev–Trinajstić information content (AvgIpc) is 3.13. The molecular formula is C24H26N4O2. The number of benzene rings is 1. The van der Waals surface area contributed by atoms with Crippen molar-refractivity contribution in [3.05, 3.63) is 74.8 Å². The van der Waals surface area contributed by atoms with Gasteiger partial charge in [0.1, 0.15) is 17.4 Å². The van der Waals surface area contributed by atoms with Crippen molar-refractivity contribution >= 4 is 12.1 Å². The molecule has 6 heteroatoms. The smallest absolute Gasteiger partial charge is 0.244 e. The fourth-order valence-corrected chi connectivity index (χ4v) is 3.51. The molecule has 1 N–H and O–H groups in total. The number of nitrogens with zero attached hydrogens (tertiary/aromatic N) is 3. The summed E-state index contributed by atoms with van der Waals surface area (Å²) in [6.07, 6.45) is 1.90. The zero-order valence-electron chi connectivity index (χ0n) is 18.3. The van der Waals surface area contributed by atoms with Crippen LogP contribution in [-0.2, 0) is 11.2 Å². The molecule has 2 heterocycles. The van der Waals surface area contributed by atoms with Gasteiger partial charge in [-0.15, -0.1) is 0 Å². The molecule has 2 aromatic heterocycles. The van der Waals surface area contributed by atoms with Gasteiger partial charge >= 0.3 is 0 Å². The van der Waals surface area contributed by atoms with E-state index in [1.807, 2.05) is 70.4 Å². The van der Waals surface area contributed by atoms with Gasteiger partial charge in [0.2, 0.25) is 11.8 Å². The van der Waals surface area contributed by atoms with Gasteiger partial charge in [0.05, 0.1) is 12.6 Å². The predicted molar refractivity (Wildman–Crippen MR) is 117 cm³/mol. The summed E-state index contributed by atoms with van der Waals surface area (Å²) in [4.78, 5) is 12.3. The Hall–Kier alpha value is -3.59. The number of nitrogens with one attached hydrogen (secondary N) is 1. The van der Waals surface area contributed by atoms with E-state index >= 15 is 0 Å². The maximum absolute atomic E-state index is 12.3. The number of furan rings is 1. The summed E-state index contributed by atoms with van der Waals surface area (Å²) in [7, 11) is 0. The summed E-state index contributed by atoms with van der Waals surface area (Å²) in [6.45, 7) is 11.6. The molecule has 0 saturated carbocycles. The van der Waals surface area contributed by atoms with Crippen molar-refractivity contribution in [2.75, 3.05) is 0 Å². The van der Waals surface area contributed by atoms with Gasteiger partial charge in [-0.25, -0.2) is 5.43 Å². The normalized spacial score (nSPS) is 11.1. The number of nitriles is 1. The van der Waals surface area contributed by atoms with E-state index in [9.17, 15) is 10.1 Å². The zero-order chi connectivity index (χ0) is 22.0. The van der Waals surface area contributed by atoms with E-state index in [-0.39, 0.29) is 12.3 Å². The van der Waals surface area contributed by atoms with E-state index in [1.165, 1.54) is 0 Å². The van der Waals surface area contributed by atoms with Crippen molar-refractivity contribution in [2.24, 2.45) is 5.10 Å². The van der Waals surface area contributed by atoms with Gasteiger partial charge in [-0.3, -0.25) is 9.36 Å². The molecule has 0 bridgehead atoms. The second-order valence-electron chi connectivity index (χ2n) is 7.64. The molecule has 0 unspecified atom stereocenters. The SMILES string of the molecule is Cc1ccc(C)c(CC(=O)N/N=C/c2cc(C)n(-c3oc(C)c(C)c3C#N)c2C)c1. The van der Waals surface area contributed by atoms with E-state index in [0.717, 1.165) is 45.0 Å². The largest absolute Gasteiger partial charge is 0.443 e. The van der Waals surface area contributed by atoms with Gasteiger partial charge in [-0.1, -0.05) is 23.8 Å². The van der Waals surface area contributed by atoms with Crippen molar-refractivity contribution in [3.8, 4) is 12.0 Å². The summed E-state index contributed by atoms with van der Waals surface area (Å²) in [5.41, 5.74) is 9.81. The lowest BCUT2D eigenvalue weighted by Gasteiger charge is -2.07. The van der Waals surface area contributed by atoms with Crippen LogP contribution in [0.4, 0.5) is 0 Å². The molecule has 0 spiro atoms. The molecule has 0 radical (unpaired) electrons. The van der Waals surface area contributed by atoms with Crippen LogP contribution in [0.2, 0.25) is 0 Å². The third kappa shape index (κ3) is 4.06. The Labute approximate surface area is 176 Å². The molecule has 0 saturated heterocycles. The van der Waals surface area contributed by atoms with Crippen LogP contribution in [0.15, 0.2) is 33.8 Å². The third-order valence-corrected chi connectivity index (χ3v) is 5.40. The predicted octanol–water partition coefficient (Wildman–Crippen LogP) is 4.49. The molecular weight excluding hydrogens is 376 g/mol. The second-order valence-corrected chi connectivity index (χ2v) is 7.64. The lowest BCUT2D eigenvalue weighted by molar-refractivity contribution is -0.120. The Bertz CT molecular complexity index is 1190. The Morgan fingerprint density at radius 2 is 1.93 bits per heavy atom. The third-order valence-electron chi connectivity index (χ3n) is 5.40. The monoisotopic (exact) mass is 402 g/mol. The van der Waals surface area contributed by atoms with E-state index in [4.69, 9.17) is 4.42 Å². The summed E-state index contributed by atoms with van der Waals surface area (Å²) in [5, 5.41) is 13.7. The number of amides is 1. The van der Waals surface area contributed by atoms with Crippen LogP contribution in [0.25, 0.3) is 5.88 Å². The minimum Gasteiger partial charge on any atom is -0.443 e. The minimum absolute atomic E-state index is 0.169. The number of hydrogen-bond donors (Lipinski definition) is 1. The molecule has 154 valence electrons. The van der Waals surface area contributed by atoms with Crippen LogP contribution in [0.5, 0.6) is 0 Å². The molecule has 0 aliphatic carbocycles. The highest BCUT2D eigenvalue weighted by atomic mass is 16.4. The van der Waals surface area contributed by atoms with Gasteiger partial charge in [0, 0.05) is 22.5 Å². The maximum Gasteiger partial charge on any atom is 0.244 e. The molecule has 6 nitrogen and oxygen atoms in total. The summed E-state index contributed by atoms with van der Waals surface area (Å²) in [5.74, 6) is 1.07. The lowest BCUT2D eigenvalue weighted by atomic mass is 10.0. The van der Waals surface area contributed by atoms with Gasteiger partial charge < -0.3 is 4.42 Å². The zero-order valence-corrected chi connectivity index (χ0v) is 18.3. The highest BCUT2D eigenvalue weighted by Crippen LogP contribution is 2.28. The van der Waals surface area contributed by atoms with E-state index < -0.39 is 0 Å². The lowest BCUT2D eigenvalue weighted by Crippen LogP contribution is -2.20. The first kappa shape index (κ1) is 21.1. The fourth-order valence-electron chi connectivity index (χ4n) is 3.51. The molecule has 0 atom stereocenters. The Balaban J connectivity index is 1.78. The van der Waals surface area contributed by atoms with Gasteiger partial charge in [0.15, 0.2) is 0 Å². The van der Waals surface area contributed by atoms with Crippen molar-refractivity contribution in [3.63, 3.8) is 0 Å². The standard InChI is InChI=1S/C24H26N4O2/c1-14-7-8-15(2)20(9-14)11-23(29)27-26-13-21-10-16(3)28(18(21)5)24-22(12-25)17(4)19(6)30-24/h7-10,13H,11H2,1-6H3,(H,27,29)/b26-13+. The number of aromatic nitrogens is 1. The molecule has 1 aromatic carbocycles. The van der Waals surface area contributed by atoms with Gasteiger partial charge in [-0.05, 0) is 58.7 Å². The highest BCUT2D eigenvalue weighted by Gasteiger charge is 2.20. The van der Waals surface area contributed by atoms with Crippen molar-refractivity contribution in [2.45, 2.75) is 48.0 Å². The second kappa shape index (κ2) is 8.42. The van der Waals surface area contributed by atoms with Crippen LogP contribution >= 0.6 is 0 Å². The Morgan fingerprint density at radius 3 is 2.63 bits per heavy atom. The van der Waals surface area contributed by atoms with E-state index in [2.05, 4.69) is 16.6 Å². The van der Waals surface area contributed by atoms with Crippen LogP contribution in [0.3, 0.4) is 0 Å². The van der Waals surface area contributed by atoms with Crippen molar-refractivity contribution in [1.82, 2.24) is 9.99 Å². The summed E-state index contributed by atoms with van der Waals surface area (Å²) in [6, 6.07) is 10.2. The number of carbonyl (C=O) groups is 1. The summed E-state index contributed by atoms with van der Waals surface area (Å²) >= 11 is 0. The fraction of sp³-hybridized carbons (Fsp3) is 0.292. The first-order valence-electron chi connectivity index (χ1n) is 9.80. The minimum atomic E-state index is -0.169. The van der Waals surface area contributed by atoms with Crippen LogP contribution in [0, 0.1) is 52.9 Å². The van der Waals surface area contributed by atoms with Crippen LogP contribution in [-0.4, -0.2) is 16.7 Å². The highest BCUT2D eigenvalue weighted by molar-refractivity contribution is 5.85. The van der Waals surface area contributed by atoms with E-state index in [1.54, 1.807) is 6.21 Å². The summed E-state index contributed by atoms with van der Waals surface area (Å²) < 4.78 is 7.75. The number of aryl methyl sites for hydroxylation is 4. The topological polar surface area (TPSA) is 83.3 Å². The number of carbonyl (C=O) groups excluding carboxylic acids is 1. The van der Waals surface area contributed by atoms with Crippen molar-refractivity contribution < 1.29 is 9.21 Å². The first-order chi connectivity index (χ1) is 14.2. The number of hydrogen-bond acceptors (Lipinski definition) is 4. The van der Waals surface area contributed by atoms with Gasteiger partial charge in [0.25, 0.3) is 0 Å². The average molecular weight is 402 g/mol. The Morgan fingerprint density at radius 1 is 1.20 bits per heavy atom. The van der Waals surface area contributed by atoms with Gasteiger partial charge in [-0.2, -0.15) is 10.4 Å². The van der Waals surface area contributed by atoms with Crippen molar-refractivity contribution in [1.29, 1.82) is 5.26 Å². The molecule has 0 fully saturated rings. The first-order valence-corrected chi connectivity index (χ1v) is 9.80. The van der Waals surface area contributed by atoms with Crippen LogP contribution in [0.1, 0.15) is 50.5 Å².